The molecular weight excluding hydrogens is 457 g/mol. The summed E-state index contributed by atoms with van der Waals surface area (Å²) in [7, 11) is 0. The number of alkyl halides is 9. The van der Waals surface area contributed by atoms with Gasteiger partial charge in [0.15, 0.2) is 0 Å². The van der Waals surface area contributed by atoms with Gasteiger partial charge in [-0.3, -0.25) is 20.2 Å². The van der Waals surface area contributed by atoms with Crippen LogP contribution in [0.3, 0.4) is 0 Å². The van der Waals surface area contributed by atoms with E-state index in [-0.39, 0.29) is 30.3 Å². The van der Waals surface area contributed by atoms with Gasteiger partial charge in [-0.1, -0.05) is 0 Å². The highest BCUT2D eigenvalue weighted by molar-refractivity contribution is 5.78. The van der Waals surface area contributed by atoms with E-state index < -0.39 is 67.8 Å². The number of nitro groups is 2. The van der Waals surface area contributed by atoms with Gasteiger partial charge >= 0.3 is 18.5 Å². The zero-order valence-electron chi connectivity index (χ0n) is 14.3. The quantitative estimate of drug-likeness (QED) is 0.326. The minimum atomic E-state index is -5.56. The number of anilines is 2. The lowest BCUT2D eigenvalue weighted by molar-refractivity contribution is -0.394. The Bertz CT molecular complexity index is 1050. The summed E-state index contributed by atoms with van der Waals surface area (Å²) in [6.45, 7) is 0. The average Bonchev–Trinajstić information content (AvgIpc) is 2.58. The van der Waals surface area contributed by atoms with Crippen LogP contribution in [0.15, 0.2) is 30.3 Å². The molecule has 0 aliphatic heterocycles. The van der Waals surface area contributed by atoms with Crippen LogP contribution in [-0.2, 0) is 18.5 Å². The lowest BCUT2D eigenvalue weighted by atomic mass is 10.1. The number of non-ortho nitro benzene ring substituents is 1. The maximum atomic E-state index is 13.4. The third kappa shape index (κ3) is 5.13. The highest BCUT2D eigenvalue weighted by atomic mass is 19.4. The predicted molar refractivity (Wildman–Crippen MR) is 84.5 cm³/mol. The van der Waals surface area contributed by atoms with Gasteiger partial charge in [0.05, 0.1) is 38.3 Å². The molecule has 0 radical (unpaired) electrons. The molecule has 31 heavy (non-hydrogen) atoms. The van der Waals surface area contributed by atoms with E-state index in [4.69, 9.17) is 0 Å². The summed E-state index contributed by atoms with van der Waals surface area (Å²) in [4.78, 5) is 19.0. The first-order valence-electron chi connectivity index (χ1n) is 7.52. The van der Waals surface area contributed by atoms with E-state index in [0.717, 1.165) is 0 Å². The fourth-order valence-electron chi connectivity index (χ4n) is 2.42. The van der Waals surface area contributed by atoms with E-state index in [2.05, 4.69) is 0 Å². The molecule has 0 spiro atoms. The third-order valence-corrected chi connectivity index (χ3v) is 3.73. The minimum Gasteiger partial charge on any atom is -0.349 e. The highest BCUT2D eigenvalue weighted by Crippen LogP contribution is 2.46. The van der Waals surface area contributed by atoms with E-state index >= 15 is 0 Å². The zero-order chi connectivity index (χ0) is 23.9. The average molecular weight is 463 g/mol. The Hall–Kier alpha value is -3.59. The summed E-state index contributed by atoms with van der Waals surface area (Å²) >= 11 is 0. The summed E-state index contributed by atoms with van der Waals surface area (Å²) in [5.74, 6) is 0. The van der Waals surface area contributed by atoms with Crippen molar-refractivity contribution in [3.8, 4) is 0 Å². The van der Waals surface area contributed by atoms with Crippen LogP contribution in [0, 0.1) is 20.2 Å². The molecule has 2 aromatic rings. The second-order valence-corrected chi connectivity index (χ2v) is 5.78. The first-order chi connectivity index (χ1) is 13.9. The number of nitro benzene ring substituents is 2. The molecule has 0 saturated carbocycles. The zero-order valence-corrected chi connectivity index (χ0v) is 14.3. The van der Waals surface area contributed by atoms with Crippen LogP contribution >= 0.6 is 0 Å². The molecule has 2 rings (SSSR count). The Morgan fingerprint density at radius 1 is 0.710 bits per heavy atom. The predicted octanol–water partition coefficient (Wildman–Crippen LogP) is 6.30. The van der Waals surface area contributed by atoms with Gasteiger partial charge in [-0.15, -0.1) is 0 Å². The van der Waals surface area contributed by atoms with Crippen molar-refractivity contribution in [1.29, 1.82) is 0 Å². The molecule has 1 N–H and O–H groups in total. The maximum absolute atomic E-state index is 13.4. The Morgan fingerprint density at radius 2 is 1.26 bits per heavy atom. The van der Waals surface area contributed by atoms with E-state index in [1.165, 1.54) is 5.32 Å². The van der Waals surface area contributed by atoms with Crippen LogP contribution in [-0.4, -0.2) is 9.85 Å². The highest BCUT2D eigenvalue weighted by Gasteiger charge is 2.42. The van der Waals surface area contributed by atoms with E-state index in [1.54, 1.807) is 0 Å². The Kier molecular flexibility index (Phi) is 5.80. The number of hydrogen-bond donors (Lipinski definition) is 1. The Morgan fingerprint density at radius 3 is 1.68 bits per heavy atom. The molecule has 0 aliphatic carbocycles. The molecule has 0 heterocycles. The van der Waals surface area contributed by atoms with Crippen molar-refractivity contribution in [2.75, 3.05) is 5.32 Å². The first kappa shape index (κ1) is 23.7. The van der Waals surface area contributed by atoms with Crippen molar-refractivity contribution in [2.24, 2.45) is 0 Å². The second-order valence-electron chi connectivity index (χ2n) is 5.78. The topological polar surface area (TPSA) is 98.3 Å². The van der Waals surface area contributed by atoms with Crippen molar-refractivity contribution in [3.63, 3.8) is 0 Å². The van der Waals surface area contributed by atoms with E-state index in [0.29, 0.717) is 0 Å². The normalized spacial score (nSPS) is 12.5. The number of rotatable bonds is 4. The summed E-state index contributed by atoms with van der Waals surface area (Å²) < 4.78 is 118. The SMILES string of the molecule is O=[N+]([O-])c1cc([N+](=O)[O-])c(Nc2cc(C(F)(F)F)ccc2C(F)(F)F)c(C(F)(F)F)c1. The molecule has 0 unspecified atom stereocenters. The van der Waals surface area contributed by atoms with Crippen molar-refractivity contribution in [1.82, 2.24) is 0 Å². The fraction of sp³-hybridized carbons (Fsp3) is 0.200. The number of hydrogen-bond acceptors (Lipinski definition) is 5. The molecule has 0 aliphatic rings. The van der Waals surface area contributed by atoms with Gasteiger partial charge in [-0.25, -0.2) is 0 Å². The van der Waals surface area contributed by atoms with E-state index in [9.17, 15) is 59.7 Å². The molecule has 0 aromatic heterocycles. The van der Waals surface area contributed by atoms with Gasteiger partial charge in [-0.05, 0) is 18.2 Å². The van der Waals surface area contributed by atoms with Crippen LogP contribution in [0.4, 0.5) is 62.3 Å². The lowest BCUT2D eigenvalue weighted by Crippen LogP contribution is -2.15. The van der Waals surface area contributed by atoms with Crippen molar-refractivity contribution in [3.05, 3.63) is 67.3 Å². The summed E-state index contributed by atoms with van der Waals surface area (Å²) in [6.07, 6.45) is -16.1. The van der Waals surface area contributed by atoms with Gasteiger partial charge in [0.25, 0.3) is 11.4 Å². The minimum absolute atomic E-state index is 0.0168. The van der Waals surface area contributed by atoms with E-state index in [1.807, 2.05) is 0 Å². The Labute approximate surface area is 164 Å². The number of nitrogens with one attached hydrogen (secondary N) is 1. The molecule has 0 atom stereocenters. The molecular formula is C15H6F9N3O4. The monoisotopic (exact) mass is 463 g/mol. The fourth-order valence-corrected chi connectivity index (χ4v) is 2.42. The van der Waals surface area contributed by atoms with Crippen molar-refractivity contribution < 1.29 is 49.4 Å². The van der Waals surface area contributed by atoms with Gasteiger partial charge in [0, 0.05) is 6.07 Å². The largest absolute Gasteiger partial charge is 0.418 e. The van der Waals surface area contributed by atoms with Crippen LogP contribution in [0.5, 0.6) is 0 Å². The van der Waals surface area contributed by atoms with Crippen LogP contribution < -0.4 is 5.32 Å². The number of benzene rings is 2. The Balaban J connectivity index is 2.86. The molecule has 0 bridgehead atoms. The summed E-state index contributed by atoms with van der Waals surface area (Å²) in [6, 6.07) is -0.415. The first-order valence-corrected chi connectivity index (χ1v) is 7.52. The molecule has 168 valence electrons. The van der Waals surface area contributed by atoms with Crippen LogP contribution in [0.1, 0.15) is 16.7 Å². The molecule has 0 saturated heterocycles. The van der Waals surface area contributed by atoms with Gasteiger partial charge in [0.1, 0.15) is 5.69 Å². The number of nitrogens with zero attached hydrogens (tertiary/aromatic N) is 2. The van der Waals surface area contributed by atoms with Crippen LogP contribution in [0.2, 0.25) is 0 Å². The summed E-state index contributed by atoms with van der Waals surface area (Å²) in [5.41, 5.74) is -12.0. The second kappa shape index (κ2) is 7.59. The van der Waals surface area contributed by atoms with Crippen molar-refractivity contribution >= 4 is 22.7 Å². The molecule has 0 fully saturated rings. The van der Waals surface area contributed by atoms with Crippen molar-refractivity contribution in [2.45, 2.75) is 18.5 Å². The van der Waals surface area contributed by atoms with Crippen LogP contribution in [0.25, 0.3) is 0 Å². The van der Waals surface area contributed by atoms with Gasteiger partial charge < -0.3 is 5.32 Å². The van der Waals surface area contributed by atoms with Gasteiger partial charge in [0.2, 0.25) is 0 Å². The summed E-state index contributed by atoms with van der Waals surface area (Å²) in [5, 5.41) is 23.3. The molecule has 2 aromatic carbocycles. The molecule has 7 nitrogen and oxygen atoms in total. The number of halogens is 9. The van der Waals surface area contributed by atoms with Gasteiger partial charge in [-0.2, -0.15) is 39.5 Å². The standard InChI is InChI=1S/C15H6F9N3O4/c16-13(17,18)6-1-2-8(14(19,20)21)10(3-6)25-12-9(15(22,23)24)4-7(26(28)29)5-11(12)27(30)31/h1-5,25H. The smallest absolute Gasteiger partial charge is 0.349 e. The molecule has 0 amide bonds. The lowest BCUT2D eigenvalue weighted by Gasteiger charge is -2.19. The third-order valence-electron chi connectivity index (χ3n) is 3.73. The molecule has 16 heteroatoms. The maximum Gasteiger partial charge on any atom is 0.418 e.